The largest absolute Gasteiger partial charge is 0.573 e. The van der Waals surface area contributed by atoms with Gasteiger partial charge in [0.25, 0.3) is 5.91 Å². The normalized spacial score (nSPS) is 20.6. The van der Waals surface area contributed by atoms with Gasteiger partial charge in [0, 0.05) is 18.9 Å². The van der Waals surface area contributed by atoms with Crippen LogP contribution >= 0.6 is 0 Å². The summed E-state index contributed by atoms with van der Waals surface area (Å²) in [4.78, 5) is 64.4. The maximum absolute atomic E-state index is 13.5. The molecular weight excluding hydrogens is 559 g/mol. The fourth-order valence-electron chi connectivity index (χ4n) is 5.78. The average Bonchev–Trinajstić information content (AvgIpc) is 3.40. The highest BCUT2D eigenvalue weighted by atomic mass is 19.4. The van der Waals surface area contributed by atoms with E-state index in [0.717, 1.165) is 30.3 Å². The summed E-state index contributed by atoms with van der Waals surface area (Å²) in [5, 5.41) is 31.3. The van der Waals surface area contributed by atoms with Crippen LogP contribution in [0.25, 0.3) is 10.9 Å². The Morgan fingerprint density at radius 1 is 1.00 bits per heavy atom. The number of amides is 4. The van der Waals surface area contributed by atoms with Crippen LogP contribution in [0.15, 0.2) is 36.4 Å². The first kappa shape index (κ1) is 28.7. The number of carboxylic acid groups (broad SMARTS) is 2. The molecule has 0 spiro atoms. The van der Waals surface area contributed by atoms with Crippen molar-refractivity contribution >= 4 is 46.5 Å². The first-order valence-corrected chi connectivity index (χ1v) is 11.5. The fraction of sp³-hybridized carbons (Fsp3) is 0.208. The molecule has 3 aromatic rings. The van der Waals surface area contributed by atoms with Crippen molar-refractivity contribution in [3.63, 3.8) is 0 Å². The number of aromatic hydroxyl groups is 1. The number of nitrogens with two attached hydrogens (primary N) is 3. The van der Waals surface area contributed by atoms with E-state index in [1.165, 1.54) is 0 Å². The van der Waals surface area contributed by atoms with Crippen LogP contribution in [0.3, 0.4) is 0 Å². The zero-order chi connectivity index (χ0) is 30.7. The van der Waals surface area contributed by atoms with E-state index in [1.54, 1.807) is 0 Å². The number of carbonyl (C=O) groups excluding carboxylic acids is 3. The minimum atomic E-state index is -5.43. The van der Waals surface area contributed by atoms with E-state index in [-0.39, 0.29) is 17.3 Å². The van der Waals surface area contributed by atoms with Gasteiger partial charge in [0.15, 0.2) is 11.4 Å². The number of aromatic nitrogens is 1. The number of alkyl halides is 3. The molecule has 2 heterocycles. The molecule has 2 atom stereocenters. The number of carbonyl (C=O) groups is 5. The highest BCUT2D eigenvalue weighted by Gasteiger charge is 2.71. The summed E-state index contributed by atoms with van der Waals surface area (Å²) < 4.78 is 43.2. The van der Waals surface area contributed by atoms with Crippen molar-refractivity contribution in [3.8, 4) is 11.5 Å². The SMILES string of the molecule is NC(=O)c1cccc(OC(F)(F)F)c1[C@]1(C(=O)O)CCC[N+]1(C(=O)O)c1c(C(N)=O)n(C(N)=O)c2cc(O)ccc12. The van der Waals surface area contributed by atoms with Crippen molar-refractivity contribution < 1.29 is 57.2 Å². The number of ether oxygens (including phenoxy) is 1. The molecule has 17 heteroatoms. The Balaban J connectivity index is 2.32. The average molecular weight is 580 g/mol. The Hall–Kier alpha value is -5.32. The van der Waals surface area contributed by atoms with E-state index in [1.807, 2.05) is 0 Å². The molecule has 1 aliphatic heterocycles. The molecule has 9 N–H and O–H groups in total. The summed E-state index contributed by atoms with van der Waals surface area (Å²) in [6.45, 7) is -0.695. The van der Waals surface area contributed by atoms with Crippen LogP contribution in [0.2, 0.25) is 0 Å². The van der Waals surface area contributed by atoms with Crippen molar-refractivity contribution in [2.75, 3.05) is 6.54 Å². The highest BCUT2D eigenvalue weighted by Crippen LogP contribution is 2.56. The summed E-state index contributed by atoms with van der Waals surface area (Å²) in [7, 11) is 0. The van der Waals surface area contributed by atoms with E-state index in [9.17, 15) is 52.5 Å². The Kier molecular flexibility index (Phi) is 6.58. The number of hydrogen-bond donors (Lipinski definition) is 6. The number of phenolic OH excluding ortho intramolecular Hbond substituents is 1. The summed E-state index contributed by atoms with van der Waals surface area (Å²) in [6, 6.07) is 4.09. The van der Waals surface area contributed by atoms with Gasteiger partial charge in [-0.15, -0.1) is 13.2 Å². The molecule has 2 aromatic carbocycles. The molecule has 0 radical (unpaired) electrons. The van der Waals surface area contributed by atoms with Crippen molar-refractivity contribution in [2.24, 2.45) is 17.2 Å². The zero-order valence-electron chi connectivity index (χ0n) is 20.6. The number of nitrogens with zero attached hydrogens (tertiary/aromatic N) is 2. The van der Waals surface area contributed by atoms with Gasteiger partial charge in [-0.05, 0) is 24.3 Å². The first-order valence-electron chi connectivity index (χ1n) is 11.5. The van der Waals surface area contributed by atoms with Crippen LogP contribution in [-0.2, 0) is 10.3 Å². The molecule has 4 amide bonds. The molecule has 1 unspecified atom stereocenters. The third-order valence-corrected chi connectivity index (χ3v) is 7.06. The lowest BCUT2D eigenvalue weighted by Crippen LogP contribution is -2.67. The molecule has 4 rings (SSSR count). The fourth-order valence-corrected chi connectivity index (χ4v) is 5.78. The number of quaternary nitrogens is 1. The molecular formula is C24H21F3N5O9+. The minimum absolute atomic E-state index is 0.305. The molecule has 41 heavy (non-hydrogen) atoms. The Morgan fingerprint density at radius 3 is 2.17 bits per heavy atom. The van der Waals surface area contributed by atoms with Gasteiger partial charge in [0.1, 0.15) is 11.5 Å². The quantitative estimate of drug-likeness (QED) is 0.234. The second kappa shape index (κ2) is 9.40. The lowest BCUT2D eigenvalue weighted by Gasteiger charge is -2.42. The second-order valence-corrected chi connectivity index (χ2v) is 9.11. The first-order chi connectivity index (χ1) is 19.0. The van der Waals surface area contributed by atoms with Crippen molar-refractivity contribution in [1.82, 2.24) is 9.05 Å². The molecule has 216 valence electrons. The predicted octanol–water partition coefficient (Wildman–Crippen LogP) is 2.13. The van der Waals surface area contributed by atoms with Gasteiger partial charge < -0.3 is 37.3 Å². The van der Waals surface area contributed by atoms with Crippen LogP contribution in [0.1, 0.15) is 39.3 Å². The zero-order valence-corrected chi connectivity index (χ0v) is 20.6. The molecule has 0 saturated carbocycles. The lowest BCUT2D eigenvalue weighted by molar-refractivity contribution is -0.275. The van der Waals surface area contributed by atoms with E-state index in [2.05, 4.69) is 4.74 Å². The van der Waals surface area contributed by atoms with E-state index in [0.29, 0.717) is 10.6 Å². The van der Waals surface area contributed by atoms with E-state index in [4.69, 9.17) is 17.2 Å². The number of fused-ring (bicyclic) bond motifs is 1. The van der Waals surface area contributed by atoms with Crippen LogP contribution in [0, 0.1) is 0 Å². The third-order valence-electron chi connectivity index (χ3n) is 7.06. The number of halogens is 3. The van der Waals surface area contributed by atoms with Gasteiger partial charge >= 0.3 is 24.5 Å². The molecule has 0 aliphatic carbocycles. The molecule has 1 aromatic heterocycles. The third kappa shape index (κ3) is 4.05. The number of phenols is 1. The molecule has 0 bridgehead atoms. The van der Waals surface area contributed by atoms with Crippen molar-refractivity contribution in [1.29, 1.82) is 0 Å². The predicted molar refractivity (Wildman–Crippen MR) is 132 cm³/mol. The van der Waals surface area contributed by atoms with Gasteiger partial charge in [-0.25, -0.2) is 9.59 Å². The number of aliphatic carboxylic acids is 1. The monoisotopic (exact) mass is 580 g/mol. The number of primary amides is 3. The molecule has 1 saturated heterocycles. The Morgan fingerprint density at radius 2 is 1.66 bits per heavy atom. The summed E-state index contributed by atoms with van der Waals surface area (Å²) in [5.74, 6) is -6.63. The maximum Gasteiger partial charge on any atom is 0.573 e. The van der Waals surface area contributed by atoms with Gasteiger partial charge in [-0.3, -0.25) is 14.2 Å². The number of hydrogen-bond acceptors (Lipinski definition) is 7. The van der Waals surface area contributed by atoms with E-state index >= 15 is 0 Å². The number of rotatable bonds is 6. The van der Waals surface area contributed by atoms with Crippen LogP contribution in [-0.4, -0.2) is 62.7 Å². The van der Waals surface area contributed by atoms with Crippen LogP contribution in [0.4, 0.5) is 28.4 Å². The maximum atomic E-state index is 13.5. The lowest BCUT2D eigenvalue weighted by atomic mass is 9.80. The van der Waals surface area contributed by atoms with Crippen LogP contribution < -0.4 is 26.4 Å². The Labute approximate surface area is 226 Å². The topological polar surface area (TPSA) is 238 Å². The smallest absolute Gasteiger partial charge is 0.508 e. The second-order valence-electron chi connectivity index (χ2n) is 9.11. The van der Waals surface area contributed by atoms with Crippen LogP contribution in [0.5, 0.6) is 11.5 Å². The Bertz CT molecular complexity index is 1670. The van der Waals surface area contributed by atoms with Gasteiger partial charge in [0.2, 0.25) is 11.4 Å². The van der Waals surface area contributed by atoms with Gasteiger partial charge in [-0.1, -0.05) is 6.07 Å². The molecule has 1 aliphatic rings. The van der Waals surface area contributed by atoms with Gasteiger partial charge in [-0.2, -0.15) is 9.28 Å². The number of benzene rings is 2. The van der Waals surface area contributed by atoms with E-state index < -0.39 is 93.3 Å². The number of carboxylic acids is 1. The summed E-state index contributed by atoms with van der Waals surface area (Å²) in [6.07, 6.45) is -8.47. The molecule has 14 nitrogen and oxygen atoms in total. The van der Waals surface area contributed by atoms with Gasteiger partial charge in [0.05, 0.1) is 28.6 Å². The highest BCUT2D eigenvalue weighted by molar-refractivity contribution is 6.16. The molecule has 1 fully saturated rings. The standard InChI is InChI=1S/C24H20F3N5O9/c25-24(26,27)41-14-4-1-3-12(18(28)34)15(14)23(20(36)37)7-2-8-32(23,22(39)40)17-11-6-5-10(33)9-13(11)31(21(30)38)16(17)19(29)35/h1,3-6,9H,2,7-8H2,(H8-,28,29,30,33,34,35,36,37,38,39,40)/p+1/t23-,32?/m0/s1. The van der Waals surface area contributed by atoms with Crippen molar-refractivity contribution in [3.05, 3.63) is 53.2 Å². The van der Waals surface area contributed by atoms with Crippen molar-refractivity contribution in [2.45, 2.75) is 24.7 Å². The summed E-state index contributed by atoms with van der Waals surface area (Å²) in [5.41, 5.74) is 9.53. The summed E-state index contributed by atoms with van der Waals surface area (Å²) >= 11 is 0. The number of likely N-dealkylation sites (tertiary alicyclic amines) is 1. The minimum Gasteiger partial charge on any atom is -0.508 e.